The van der Waals surface area contributed by atoms with E-state index in [4.69, 9.17) is 9.47 Å². The van der Waals surface area contributed by atoms with Gasteiger partial charge in [0.2, 0.25) is 5.78 Å². The minimum absolute atomic E-state index is 0.0908. The van der Waals surface area contributed by atoms with E-state index in [1.165, 1.54) is 0 Å². The molecule has 5 aromatic rings. The lowest BCUT2D eigenvalue weighted by Gasteiger charge is -2.09. The monoisotopic (exact) mass is 501 g/mol. The smallest absolute Gasteiger partial charge is 0.209 e. The van der Waals surface area contributed by atoms with Crippen molar-refractivity contribution >= 4 is 32.6 Å². The number of ether oxygens (including phenoxy) is 2. The summed E-state index contributed by atoms with van der Waals surface area (Å²) < 4.78 is 14.5. The second-order valence-corrected chi connectivity index (χ2v) is 8.23. The van der Waals surface area contributed by atoms with Gasteiger partial charge in [0, 0.05) is 28.9 Å². The summed E-state index contributed by atoms with van der Waals surface area (Å²) in [6, 6.07) is 22.3. The summed E-state index contributed by atoms with van der Waals surface area (Å²) in [7, 11) is 0. The Balaban J connectivity index is 1.30. The van der Waals surface area contributed by atoms with E-state index in [-0.39, 0.29) is 5.78 Å². The molecule has 0 saturated heterocycles. The molecule has 33 heavy (non-hydrogen) atoms. The summed E-state index contributed by atoms with van der Waals surface area (Å²) in [5.74, 6) is 2.06. The zero-order chi connectivity index (χ0) is 22.6. The van der Waals surface area contributed by atoms with Gasteiger partial charge in [0.1, 0.15) is 23.9 Å². The van der Waals surface area contributed by atoms with E-state index in [0.29, 0.717) is 30.2 Å². The predicted molar refractivity (Wildman–Crippen MR) is 130 cm³/mol. The second-order valence-electron chi connectivity index (χ2n) is 7.44. The fraction of sp³-hybridized carbons (Fsp3) is 0.0769. The number of H-pyrrole nitrogens is 1. The normalized spacial score (nSPS) is 10.9. The third kappa shape index (κ3) is 4.68. The minimum atomic E-state index is -0.0908. The number of aromatic nitrogens is 3. The van der Waals surface area contributed by atoms with Crippen LogP contribution in [0.4, 0.5) is 0 Å². The van der Waals surface area contributed by atoms with Crippen LogP contribution in [-0.4, -0.2) is 26.9 Å². The molecule has 0 radical (unpaired) electrons. The highest BCUT2D eigenvalue weighted by Gasteiger charge is 2.15. The molecule has 3 aromatic carbocycles. The average Bonchev–Trinajstić information content (AvgIpc) is 3.52. The van der Waals surface area contributed by atoms with Crippen LogP contribution in [0.25, 0.3) is 10.9 Å². The molecule has 0 aliphatic heterocycles. The molecular formula is C26H20BrN3O3. The first kappa shape index (κ1) is 21.0. The Kier molecular flexibility index (Phi) is 5.95. The van der Waals surface area contributed by atoms with Crippen LogP contribution in [0.5, 0.6) is 17.2 Å². The van der Waals surface area contributed by atoms with Crippen molar-refractivity contribution in [2.24, 2.45) is 0 Å². The first-order chi connectivity index (χ1) is 16.2. The summed E-state index contributed by atoms with van der Waals surface area (Å²) in [6.07, 6.45) is 5.39. The molecule has 164 valence electrons. The first-order valence-electron chi connectivity index (χ1n) is 10.4. The Morgan fingerprint density at radius 3 is 2.55 bits per heavy atom. The molecule has 0 saturated carbocycles. The van der Waals surface area contributed by atoms with Gasteiger partial charge in [0.25, 0.3) is 0 Å². The number of ketones is 1. The average molecular weight is 502 g/mol. The zero-order valence-corrected chi connectivity index (χ0v) is 19.2. The molecule has 0 amide bonds. The van der Waals surface area contributed by atoms with Gasteiger partial charge >= 0.3 is 0 Å². The van der Waals surface area contributed by atoms with E-state index < -0.39 is 0 Å². The molecule has 5 rings (SSSR count). The maximum atomic E-state index is 13.1. The fourth-order valence-corrected chi connectivity index (χ4v) is 4.09. The number of nitrogens with one attached hydrogen (secondary N) is 1. The number of rotatable bonds is 8. The molecule has 0 atom stereocenters. The van der Waals surface area contributed by atoms with Crippen LogP contribution < -0.4 is 9.47 Å². The Bertz CT molecular complexity index is 1380. The molecule has 2 heterocycles. The number of benzene rings is 3. The molecule has 0 aliphatic rings. The van der Waals surface area contributed by atoms with Crippen molar-refractivity contribution in [2.75, 3.05) is 6.61 Å². The number of aromatic amines is 1. The van der Waals surface area contributed by atoms with Crippen molar-refractivity contribution in [3.63, 3.8) is 0 Å². The van der Waals surface area contributed by atoms with Crippen molar-refractivity contribution in [3.8, 4) is 17.2 Å². The van der Waals surface area contributed by atoms with Gasteiger partial charge in [0.15, 0.2) is 0 Å². The highest BCUT2D eigenvalue weighted by Crippen LogP contribution is 2.34. The zero-order valence-electron chi connectivity index (χ0n) is 17.6. The SMILES string of the molecule is O=C(c1ccc(Oc2ccccc2)cc1)c1cc2c(Br)c(OCCn3ccnc3)ccc2[nH]1. The summed E-state index contributed by atoms with van der Waals surface area (Å²) in [6.45, 7) is 1.21. The highest BCUT2D eigenvalue weighted by molar-refractivity contribution is 9.10. The third-order valence-electron chi connectivity index (χ3n) is 5.21. The van der Waals surface area contributed by atoms with Crippen LogP contribution in [0.15, 0.2) is 96.0 Å². The Morgan fingerprint density at radius 2 is 1.79 bits per heavy atom. The number of nitrogens with zero attached hydrogens (tertiary/aromatic N) is 2. The van der Waals surface area contributed by atoms with Gasteiger partial charge in [-0.05, 0) is 70.5 Å². The van der Waals surface area contributed by atoms with E-state index in [2.05, 4.69) is 25.9 Å². The number of imidazole rings is 1. The summed E-state index contributed by atoms with van der Waals surface area (Å²) in [4.78, 5) is 20.3. The standard InChI is InChI=1S/C26H20BrN3O3/c27-25-21-16-23(29-22(21)10-11-24(25)32-15-14-30-13-12-28-17-30)26(31)18-6-8-20(9-7-18)33-19-4-2-1-3-5-19/h1-13,16-17,29H,14-15H2. The molecule has 1 N–H and O–H groups in total. The van der Waals surface area contributed by atoms with Crippen LogP contribution >= 0.6 is 15.9 Å². The second kappa shape index (κ2) is 9.34. The molecule has 0 unspecified atom stereocenters. The molecule has 0 bridgehead atoms. The van der Waals surface area contributed by atoms with Crippen LogP contribution in [0, 0.1) is 0 Å². The largest absolute Gasteiger partial charge is 0.491 e. The topological polar surface area (TPSA) is 69.1 Å². The van der Waals surface area contributed by atoms with E-state index >= 15 is 0 Å². The van der Waals surface area contributed by atoms with Crippen molar-refractivity contribution in [1.29, 1.82) is 0 Å². The number of halogens is 1. The van der Waals surface area contributed by atoms with Gasteiger partial charge in [0.05, 0.1) is 23.0 Å². The number of carbonyl (C=O) groups is 1. The maximum absolute atomic E-state index is 13.1. The lowest BCUT2D eigenvalue weighted by molar-refractivity contribution is 0.103. The third-order valence-corrected chi connectivity index (χ3v) is 6.03. The van der Waals surface area contributed by atoms with Crippen LogP contribution in [0.3, 0.4) is 0 Å². The number of hydrogen-bond acceptors (Lipinski definition) is 4. The van der Waals surface area contributed by atoms with Gasteiger partial charge in [-0.25, -0.2) is 4.98 Å². The van der Waals surface area contributed by atoms with Crippen LogP contribution in [0.2, 0.25) is 0 Å². The van der Waals surface area contributed by atoms with Crippen molar-refractivity contribution < 1.29 is 14.3 Å². The highest BCUT2D eigenvalue weighted by atomic mass is 79.9. The molecule has 0 spiro atoms. The predicted octanol–water partition coefficient (Wildman–Crippen LogP) is 6.23. The molecule has 0 aliphatic carbocycles. The molecule has 7 heteroatoms. The summed E-state index contributed by atoms with van der Waals surface area (Å²) in [5, 5.41) is 0.891. The van der Waals surface area contributed by atoms with Gasteiger partial charge in [-0.2, -0.15) is 0 Å². The minimum Gasteiger partial charge on any atom is -0.491 e. The lowest BCUT2D eigenvalue weighted by atomic mass is 10.1. The molecular weight excluding hydrogens is 482 g/mol. The fourth-order valence-electron chi connectivity index (χ4n) is 3.52. The van der Waals surface area contributed by atoms with Crippen molar-refractivity contribution in [2.45, 2.75) is 6.54 Å². The van der Waals surface area contributed by atoms with Crippen molar-refractivity contribution in [3.05, 3.63) is 107 Å². The molecule has 2 aromatic heterocycles. The number of hydrogen-bond donors (Lipinski definition) is 1. The van der Waals surface area contributed by atoms with E-state index in [1.807, 2.05) is 59.3 Å². The lowest BCUT2D eigenvalue weighted by Crippen LogP contribution is -2.06. The number of fused-ring (bicyclic) bond motifs is 1. The van der Waals surface area contributed by atoms with Gasteiger partial charge in [-0.3, -0.25) is 4.79 Å². The Morgan fingerprint density at radius 1 is 1.00 bits per heavy atom. The van der Waals surface area contributed by atoms with Gasteiger partial charge in [-0.1, -0.05) is 18.2 Å². The van der Waals surface area contributed by atoms with E-state index in [9.17, 15) is 4.79 Å². The Hall–Kier alpha value is -3.84. The Labute approximate surface area is 198 Å². The number of carbonyl (C=O) groups excluding carboxylic acids is 1. The quantitative estimate of drug-likeness (QED) is 0.256. The molecule has 0 fully saturated rings. The summed E-state index contributed by atoms with van der Waals surface area (Å²) in [5.41, 5.74) is 1.95. The number of para-hydroxylation sites is 1. The van der Waals surface area contributed by atoms with Crippen LogP contribution in [0.1, 0.15) is 16.1 Å². The van der Waals surface area contributed by atoms with Gasteiger partial charge in [-0.15, -0.1) is 0 Å². The van der Waals surface area contributed by atoms with Crippen molar-refractivity contribution in [1.82, 2.24) is 14.5 Å². The molecule has 6 nitrogen and oxygen atoms in total. The van der Waals surface area contributed by atoms with E-state index in [1.54, 1.807) is 36.8 Å². The summed E-state index contributed by atoms with van der Waals surface area (Å²) >= 11 is 3.63. The van der Waals surface area contributed by atoms with E-state index in [0.717, 1.165) is 26.9 Å². The van der Waals surface area contributed by atoms with Gasteiger partial charge < -0.3 is 19.0 Å². The maximum Gasteiger partial charge on any atom is 0.209 e. The first-order valence-corrected chi connectivity index (χ1v) is 11.2. The van der Waals surface area contributed by atoms with Crippen LogP contribution in [-0.2, 0) is 6.54 Å².